The molecule has 3 N–H and O–H groups in total. The van der Waals surface area contributed by atoms with Crippen LogP contribution in [-0.2, 0) is 11.0 Å². The molecule has 1 aliphatic rings. The smallest absolute Gasteiger partial charge is 0.416 e. The molecule has 1 atom stereocenters. The van der Waals surface area contributed by atoms with E-state index in [4.69, 9.17) is 4.74 Å². The Bertz CT molecular complexity index is 986. The van der Waals surface area contributed by atoms with Crippen molar-refractivity contribution in [3.05, 3.63) is 70.9 Å². The van der Waals surface area contributed by atoms with Crippen molar-refractivity contribution in [3.63, 3.8) is 0 Å². The lowest BCUT2D eigenvalue weighted by molar-refractivity contribution is -0.138. The summed E-state index contributed by atoms with van der Waals surface area (Å²) < 4.78 is 45.7. The zero-order valence-corrected chi connectivity index (χ0v) is 15.6. The van der Waals surface area contributed by atoms with Crippen LogP contribution >= 0.6 is 0 Å². The fourth-order valence-corrected chi connectivity index (χ4v) is 3.17. The maximum atomic E-state index is 13.5. The molecule has 2 aromatic rings. The van der Waals surface area contributed by atoms with Crippen LogP contribution in [0.4, 0.5) is 23.7 Å². The van der Waals surface area contributed by atoms with Crippen LogP contribution < -0.4 is 20.7 Å². The molecule has 29 heavy (non-hydrogen) atoms. The van der Waals surface area contributed by atoms with E-state index in [0.29, 0.717) is 11.4 Å². The number of hydrogen-bond donors (Lipinski definition) is 3. The van der Waals surface area contributed by atoms with E-state index in [1.54, 1.807) is 24.3 Å². The van der Waals surface area contributed by atoms with Gasteiger partial charge in [0.2, 0.25) is 0 Å². The number of allylic oxidation sites excluding steroid dienone is 1. The summed E-state index contributed by atoms with van der Waals surface area (Å²) in [7, 11) is 1.43. The number of methoxy groups -OCH3 is 1. The van der Waals surface area contributed by atoms with Gasteiger partial charge in [-0.1, -0.05) is 30.3 Å². The molecule has 0 spiro atoms. The number of benzene rings is 2. The van der Waals surface area contributed by atoms with Gasteiger partial charge in [0.15, 0.2) is 0 Å². The number of urea groups is 1. The van der Waals surface area contributed by atoms with Crippen LogP contribution in [0, 0.1) is 0 Å². The molecular formula is C20H18F3N3O3. The van der Waals surface area contributed by atoms with Crippen molar-refractivity contribution in [2.24, 2.45) is 0 Å². The molecule has 6 nitrogen and oxygen atoms in total. The molecule has 0 fully saturated rings. The Kier molecular flexibility index (Phi) is 5.49. The zero-order valence-electron chi connectivity index (χ0n) is 15.6. The van der Waals surface area contributed by atoms with Crippen LogP contribution in [0.2, 0.25) is 0 Å². The Balaban J connectivity index is 2.05. The third kappa shape index (κ3) is 4.18. The highest BCUT2D eigenvalue weighted by molar-refractivity contribution is 6.07. The second-order valence-electron chi connectivity index (χ2n) is 6.31. The van der Waals surface area contributed by atoms with Crippen LogP contribution in [0.3, 0.4) is 0 Å². The summed E-state index contributed by atoms with van der Waals surface area (Å²) in [4.78, 5) is 25.0. The summed E-state index contributed by atoms with van der Waals surface area (Å²) in [6, 6.07) is 9.46. The number of hydrogen-bond acceptors (Lipinski definition) is 3. The van der Waals surface area contributed by atoms with Gasteiger partial charge >= 0.3 is 12.2 Å². The lowest BCUT2D eigenvalue weighted by atomic mass is 9.91. The summed E-state index contributed by atoms with van der Waals surface area (Å²) in [5.74, 6) is -0.277. The van der Waals surface area contributed by atoms with Gasteiger partial charge in [-0.2, -0.15) is 13.2 Å². The SMILES string of the molecule is COc1ccccc1NC(=O)C1=C(C)NC(=O)N[C@@H]1c1ccccc1C(F)(F)F. The standard InChI is InChI=1S/C20H18F3N3O3/c1-11-16(18(27)25-14-9-5-6-10-15(14)29-2)17(26-19(28)24-11)12-7-3-4-8-13(12)20(21,22)23/h3-10,17H,1-2H3,(H,25,27)(H2,24,26,28)/t17-/m1/s1. The van der Waals surface area contributed by atoms with E-state index in [0.717, 1.165) is 6.07 Å². The molecule has 152 valence electrons. The minimum absolute atomic E-state index is 0.0350. The molecule has 0 bridgehead atoms. The fraction of sp³-hybridized carbons (Fsp3) is 0.200. The van der Waals surface area contributed by atoms with Gasteiger partial charge in [-0.3, -0.25) is 4.79 Å². The van der Waals surface area contributed by atoms with E-state index in [9.17, 15) is 22.8 Å². The van der Waals surface area contributed by atoms with E-state index < -0.39 is 29.7 Å². The van der Waals surface area contributed by atoms with Crippen molar-refractivity contribution in [1.29, 1.82) is 0 Å². The Morgan fingerprint density at radius 1 is 1.10 bits per heavy atom. The Morgan fingerprint density at radius 2 is 1.76 bits per heavy atom. The number of carbonyl (C=O) groups excluding carboxylic acids is 2. The molecule has 1 aliphatic heterocycles. The van der Waals surface area contributed by atoms with Crippen molar-refractivity contribution in [2.45, 2.75) is 19.1 Å². The van der Waals surface area contributed by atoms with Crippen molar-refractivity contribution >= 4 is 17.6 Å². The number of para-hydroxylation sites is 2. The molecule has 0 saturated carbocycles. The highest BCUT2D eigenvalue weighted by Crippen LogP contribution is 2.38. The van der Waals surface area contributed by atoms with Crippen molar-refractivity contribution in [3.8, 4) is 5.75 Å². The summed E-state index contributed by atoms with van der Waals surface area (Å²) in [6.07, 6.45) is -4.65. The molecule has 0 unspecified atom stereocenters. The number of amides is 3. The van der Waals surface area contributed by atoms with Gasteiger partial charge in [0.05, 0.1) is 30.0 Å². The molecule has 0 aromatic heterocycles. The van der Waals surface area contributed by atoms with E-state index in [1.165, 1.54) is 32.2 Å². The Labute approximate surface area is 164 Å². The lowest BCUT2D eigenvalue weighted by Gasteiger charge is -2.30. The molecular weight excluding hydrogens is 387 g/mol. The zero-order chi connectivity index (χ0) is 21.2. The van der Waals surface area contributed by atoms with E-state index in [-0.39, 0.29) is 16.8 Å². The predicted octanol–water partition coefficient (Wildman–Crippen LogP) is 3.98. The first-order chi connectivity index (χ1) is 13.7. The third-order valence-corrected chi connectivity index (χ3v) is 4.45. The van der Waals surface area contributed by atoms with Crippen LogP contribution in [0.1, 0.15) is 24.1 Å². The number of rotatable bonds is 4. The number of halogens is 3. The highest BCUT2D eigenvalue weighted by atomic mass is 19.4. The van der Waals surface area contributed by atoms with Crippen LogP contribution in [0.15, 0.2) is 59.8 Å². The van der Waals surface area contributed by atoms with E-state index in [2.05, 4.69) is 16.0 Å². The van der Waals surface area contributed by atoms with Gasteiger partial charge in [-0.05, 0) is 30.7 Å². The number of nitrogens with one attached hydrogen (secondary N) is 3. The van der Waals surface area contributed by atoms with Crippen LogP contribution in [0.5, 0.6) is 5.75 Å². The van der Waals surface area contributed by atoms with Crippen molar-refractivity contribution in [1.82, 2.24) is 10.6 Å². The fourth-order valence-electron chi connectivity index (χ4n) is 3.17. The lowest BCUT2D eigenvalue weighted by Crippen LogP contribution is -2.46. The molecule has 0 radical (unpaired) electrons. The third-order valence-electron chi connectivity index (χ3n) is 4.45. The van der Waals surface area contributed by atoms with Crippen molar-refractivity contribution < 1.29 is 27.5 Å². The number of anilines is 1. The van der Waals surface area contributed by atoms with E-state index >= 15 is 0 Å². The number of alkyl halides is 3. The van der Waals surface area contributed by atoms with E-state index in [1.807, 2.05) is 0 Å². The average Bonchev–Trinajstić information content (AvgIpc) is 2.67. The van der Waals surface area contributed by atoms with Gasteiger partial charge in [0.1, 0.15) is 5.75 Å². The molecule has 9 heteroatoms. The number of carbonyl (C=O) groups is 2. The Hall–Kier alpha value is -3.49. The van der Waals surface area contributed by atoms with Gasteiger partial charge in [-0.25, -0.2) is 4.79 Å². The molecule has 1 heterocycles. The summed E-state index contributed by atoms with van der Waals surface area (Å²) in [5, 5.41) is 7.50. The molecule has 3 rings (SSSR count). The van der Waals surface area contributed by atoms with Gasteiger partial charge in [0.25, 0.3) is 5.91 Å². The minimum atomic E-state index is -4.65. The summed E-state index contributed by atoms with van der Waals surface area (Å²) >= 11 is 0. The highest BCUT2D eigenvalue weighted by Gasteiger charge is 2.39. The monoisotopic (exact) mass is 405 g/mol. The molecule has 0 aliphatic carbocycles. The normalized spacial score (nSPS) is 16.7. The maximum absolute atomic E-state index is 13.5. The average molecular weight is 405 g/mol. The first kappa shape index (κ1) is 20.2. The molecule has 3 amide bonds. The maximum Gasteiger partial charge on any atom is 0.416 e. The molecule has 0 saturated heterocycles. The summed E-state index contributed by atoms with van der Waals surface area (Å²) in [5.41, 5.74) is -0.683. The topological polar surface area (TPSA) is 79.5 Å². The minimum Gasteiger partial charge on any atom is -0.495 e. The molecule has 2 aromatic carbocycles. The second kappa shape index (κ2) is 7.86. The quantitative estimate of drug-likeness (QED) is 0.720. The summed E-state index contributed by atoms with van der Waals surface area (Å²) in [6.45, 7) is 1.46. The largest absolute Gasteiger partial charge is 0.495 e. The predicted molar refractivity (Wildman–Crippen MR) is 100 cm³/mol. The van der Waals surface area contributed by atoms with Gasteiger partial charge < -0.3 is 20.7 Å². The first-order valence-corrected chi connectivity index (χ1v) is 8.61. The van der Waals surface area contributed by atoms with Gasteiger partial charge in [0, 0.05) is 5.70 Å². The van der Waals surface area contributed by atoms with Crippen LogP contribution in [-0.4, -0.2) is 19.0 Å². The van der Waals surface area contributed by atoms with Gasteiger partial charge in [-0.15, -0.1) is 0 Å². The Morgan fingerprint density at radius 3 is 2.45 bits per heavy atom. The first-order valence-electron chi connectivity index (χ1n) is 8.61. The van der Waals surface area contributed by atoms with Crippen LogP contribution in [0.25, 0.3) is 0 Å². The second-order valence-corrected chi connectivity index (χ2v) is 6.31. The van der Waals surface area contributed by atoms with Crippen molar-refractivity contribution in [2.75, 3.05) is 12.4 Å². The number of ether oxygens (including phenoxy) is 1.